The second-order valence-corrected chi connectivity index (χ2v) is 5.65. The van der Waals surface area contributed by atoms with E-state index in [2.05, 4.69) is 15.6 Å². The molecule has 2 aromatic rings. The summed E-state index contributed by atoms with van der Waals surface area (Å²) in [5.74, 6) is 0.923. The zero-order valence-electron chi connectivity index (χ0n) is 14.9. The molecule has 26 heavy (non-hydrogen) atoms. The molecule has 6 nitrogen and oxygen atoms in total. The van der Waals surface area contributed by atoms with Crippen molar-refractivity contribution in [2.75, 3.05) is 27.2 Å². The van der Waals surface area contributed by atoms with Crippen molar-refractivity contribution in [1.29, 1.82) is 0 Å². The van der Waals surface area contributed by atoms with E-state index in [1.807, 2.05) is 12.1 Å². The Bertz CT molecular complexity index is 705. The second kappa shape index (κ2) is 11.5. The molecule has 2 rings (SSSR count). The number of rotatable bonds is 7. The van der Waals surface area contributed by atoms with E-state index in [4.69, 9.17) is 4.42 Å². The molecule has 0 aliphatic carbocycles. The number of furan rings is 1. The highest BCUT2D eigenvalue weighted by atomic mass is 127. The first-order valence-corrected chi connectivity index (χ1v) is 8.04. The van der Waals surface area contributed by atoms with Crippen molar-refractivity contribution in [1.82, 2.24) is 15.5 Å². The number of carbonyl (C=O) groups excluding carboxylic acids is 1. The molecule has 0 saturated heterocycles. The molecule has 1 heterocycles. The van der Waals surface area contributed by atoms with Crippen molar-refractivity contribution in [3.8, 4) is 0 Å². The number of halogens is 2. The van der Waals surface area contributed by atoms with Gasteiger partial charge < -0.3 is 20.0 Å². The summed E-state index contributed by atoms with van der Waals surface area (Å²) in [6, 6.07) is 10.2. The van der Waals surface area contributed by atoms with Crippen LogP contribution < -0.4 is 10.6 Å². The molecule has 0 aliphatic rings. The van der Waals surface area contributed by atoms with Crippen molar-refractivity contribution in [2.45, 2.75) is 13.0 Å². The summed E-state index contributed by atoms with van der Waals surface area (Å²) >= 11 is 0. The van der Waals surface area contributed by atoms with Crippen LogP contribution in [0.4, 0.5) is 4.39 Å². The summed E-state index contributed by atoms with van der Waals surface area (Å²) in [4.78, 5) is 17.6. The fraction of sp³-hybridized carbons (Fsp3) is 0.333. The molecule has 0 unspecified atom stereocenters. The van der Waals surface area contributed by atoms with Crippen molar-refractivity contribution in [2.24, 2.45) is 4.99 Å². The Hall–Kier alpha value is -2.10. The zero-order valence-corrected chi connectivity index (χ0v) is 17.2. The van der Waals surface area contributed by atoms with Crippen LogP contribution in [0.1, 0.15) is 11.3 Å². The number of nitrogens with one attached hydrogen (secondary N) is 2. The van der Waals surface area contributed by atoms with Crippen LogP contribution in [0, 0.1) is 5.82 Å². The van der Waals surface area contributed by atoms with E-state index < -0.39 is 0 Å². The van der Waals surface area contributed by atoms with Crippen LogP contribution in [0.15, 0.2) is 52.1 Å². The molecule has 1 amide bonds. The van der Waals surface area contributed by atoms with Gasteiger partial charge in [0, 0.05) is 32.6 Å². The van der Waals surface area contributed by atoms with Gasteiger partial charge in [-0.1, -0.05) is 18.2 Å². The van der Waals surface area contributed by atoms with E-state index in [9.17, 15) is 9.18 Å². The minimum atomic E-state index is -0.300. The standard InChI is InChI=1S/C18H23FN4O2.HI/c1-23(2)17(24)13-22-18(20-10-9-15-7-5-11-25-15)21-12-14-6-3-4-8-16(14)19;/h3-8,11H,9-10,12-13H2,1-2H3,(H2,20,21,22);1H. The predicted molar refractivity (Wildman–Crippen MR) is 110 cm³/mol. The summed E-state index contributed by atoms with van der Waals surface area (Å²) < 4.78 is 19.0. The van der Waals surface area contributed by atoms with E-state index in [1.54, 1.807) is 38.6 Å². The highest BCUT2D eigenvalue weighted by Gasteiger charge is 2.07. The fourth-order valence-corrected chi connectivity index (χ4v) is 2.04. The molecule has 0 atom stereocenters. The first kappa shape index (κ1) is 21.9. The van der Waals surface area contributed by atoms with Gasteiger partial charge in [0.05, 0.1) is 19.4 Å². The molecule has 0 fully saturated rings. The lowest BCUT2D eigenvalue weighted by atomic mass is 10.2. The van der Waals surface area contributed by atoms with Crippen LogP contribution in [0.5, 0.6) is 0 Å². The third-order valence-electron chi connectivity index (χ3n) is 3.52. The van der Waals surface area contributed by atoms with E-state index in [1.165, 1.54) is 11.0 Å². The Morgan fingerprint density at radius 2 is 1.96 bits per heavy atom. The molecule has 0 bridgehead atoms. The van der Waals surface area contributed by atoms with Gasteiger partial charge >= 0.3 is 0 Å². The maximum absolute atomic E-state index is 13.7. The summed E-state index contributed by atoms with van der Waals surface area (Å²) in [7, 11) is 3.37. The zero-order chi connectivity index (χ0) is 18.1. The molecule has 1 aromatic carbocycles. The van der Waals surface area contributed by atoms with E-state index in [-0.39, 0.29) is 48.8 Å². The van der Waals surface area contributed by atoms with Crippen molar-refractivity contribution in [3.05, 3.63) is 59.8 Å². The van der Waals surface area contributed by atoms with E-state index in [0.717, 1.165) is 5.76 Å². The molecule has 0 saturated carbocycles. The monoisotopic (exact) mass is 474 g/mol. The highest BCUT2D eigenvalue weighted by molar-refractivity contribution is 14.0. The van der Waals surface area contributed by atoms with Gasteiger partial charge in [0.1, 0.15) is 11.6 Å². The van der Waals surface area contributed by atoms with Crippen LogP contribution in [0.3, 0.4) is 0 Å². The van der Waals surface area contributed by atoms with Gasteiger partial charge in [-0.05, 0) is 18.2 Å². The number of carbonyl (C=O) groups is 1. The number of hydrogen-bond acceptors (Lipinski definition) is 3. The molecular formula is C18H24FIN4O2. The Morgan fingerprint density at radius 3 is 2.62 bits per heavy atom. The largest absolute Gasteiger partial charge is 0.469 e. The van der Waals surface area contributed by atoms with E-state index >= 15 is 0 Å². The minimum Gasteiger partial charge on any atom is -0.469 e. The number of amides is 1. The van der Waals surface area contributed by atoms with Gasteiger partial charge in [0.15, 0.2) is 5.96 Å². The van der Waals surface area contributed by atoms with Gasteiger partial charge in [-0.25, -0.2) is 9.38 Å². The van der Waals surface area contributed by atoms with Gasteiger partial charge in [-0.15, -0.1) is 24.0 Å². The summed E-state index contributed by atoms with van der Waals surface area (Å²) in [6.45, 7) is 0.864. The average molecular weight is 474 g/mol. The van der Waals surface area contributed by atoms with Gasteiger partial charge in [0.25, 0.3) is 0 Å². The maximum atomic E-state index is 13.7. The van der Waals surface area contributed by atoms with Crippen molar-refractivity contribution in [3.63, 3.8) is 0 Å². The quantitative estimate of drug-likeness (QED) is 0.368. The maximum Gasteiger partial charge on any atom is 0.241 e. The molecule has 0 aliphatic heterocycles. The number of guanidine groups is 1. The molecular weight excluding hydrogens is 450 g/mol. The Labute approximate surface area is 169 Å². The lowest BCUT2D eigenvalue weighted by molar-refractivity contribution is -0.127. The highest BCUT2D eigenvalue weighted by Crippen LogP contribution is 2.07. The molecule has 1 aromatic heterocycles. The Balaban J connectivity index is 0.00000338. The summed E-state index contributed by atoms with van der Waals surface area (Å²) in [5.41, 5.74) is 0.494. The first-order chi connectivity index (χ1) is 12.1. The van der Waals surface area contributed by atoms with Crippen LogP contribution in [0.2, 0.25) is 0 Å². The smallest absolute Gasteiger partial charge is 0.241 e. The predicted octanol–water partition coefficient (Wildman–Crippen LogP) is 2.40. The number of aliphatic imine (C=N–C) groups is 1. The molecule has 142 valence electrons. The summed E-state index contributed by atoms with van der Waals surface area (Å²) in [5, 5.41) is 6.09. The Morgan fingerprint density at radius 1 is 1.19 bits per heavy atom. The van der Waals surface area contributed by atoms with Crippen LogP contribution >= 0.6 is 24.0 Å². The van der Waals surface area contributed by atoms with Crippen molar-refractivity contribution < 1.29 is 13.6 Å². The lowest BCUT2D eigenvalue weighted by Gasteiger charge is -2.15. The van der Waals surface area contributed by atoms with Gasteiger partial charge in [-0.2, -0.15) is 0 Å². The SMILES string of the molecule is CN(C)C(=O)CNC(=NCc1ccccc1F)NCCc1ccco1.I. The third kappa shape index (κ3) is 7.42. The lowest BCUT2D eigenvalue weighted by Crippen LogP contribution is -2.43. The second-order valence-electron chi connectivity index (χ2n) is 5.65. The third-order valence-corrected chi connectivity index (χ3v) is 3.52. The normalized spacial score (nSPS) is 10.8. The minimum absolute atomic E-state index is 0. The summed E-state index contributed by atoms with van der Waals surface area (Å²) in [6.07, 6.45) is 2.30. The number of benzene rings is 1. The Kier molecular flexibility index (Phi) is 9.71. The van der Waals surface area contributed by atoms with Crippen molar-refractivity contribution >= 4 is 35.8 Å². The molecule has 2 N–H and O–H groups in total. The first-order valence-electron chi connectivity index (χ1n) is 8.04. The molecule has 0 spiro atoms. The fourth-order valence-electron chi connectivity index (χ4n) is 2.04. The molecule has 0 radical (unpaired) electrons. The van der Waals surface area contributed by atoms with Crippen LogP contribution in [0.25, 0.3) is 0 Å². The topological polar surface area (TPSA) is 69.9 Å². The average Bonchev–Trinajstić information content (AvgIpc) is 3.11. The molecule has 8 heteroatoms. The van der Waals surface area contributed by atoms with Gasteiger partial charge in [0.2, 0.25) is 5.91 Å². The van der Waals surface area contributed by atoms with Crippen LogP contribution in [-0.2, 0) is 17.8 Å². The van der Waals surface area contributed by atoms with Gasteiger partial charge in [-0.3, -0.25) is 4.79 Å². The number of hydrogen-bond donors (Lipinski definition) is 2. The number of likely N-dealkylation sites (N-methyl/N-ethyl adjacent to an activating group) is 1. The number of nitrogens with zero attached hydrogens (tertiary/aromatic N) is 2. The van der Waals surface area contributed by atoms with E-state index in [0.29, 0.717) is 24.5 Å². The van der Waals surface area contributed by atoms with Crippen LogP contribution in [-0.4, -0.2) is 44.0 Å².